The normalized spacial score (nSPS) is 17.8. The van der Waals surface area contributed by atoms with Crippen molar-refractivity contribution in [2.75, 3.05) is 13.1 Å². The van der Waals surface area contributed by atoms with E-state index < -0.39 is 0 Å². The highest BCUT2D eigenvalue weighted by atomic mass is 16.2. The van der Waals surface area contributed by atoms with Crippen molar-refractivity contribution in [2.45, 2.75) is 18.8 Å². The average molecular weight is 345 g/mol. The Bertz CT molecular complexity index is 1100. The number of nitrogens with one attached hydrogen (secondary N) is 1. The second-order valence-corrected chi connectivity index (χ2v) is 6.86. The van der Waals surface area contributed by atoms with Gasteiger partial charge in [-0.2, -0.15) is 0 Å². The number of amides is 1. The maximum Gasteiger partial charge on any atom is 0.253 e. The molecule has 4 heterocycles. The standard InChI is InChI=1S/C20H19N5O/c26-20(15-6-7-17-14(12-15)8-9-21-17)24-10-3-4-16(13-24)19-23-22-18-5-1-2-11-25(18)19/h1-2,5-9,11-12,16,21H,3-4,10,13H2/t16-/m0/s1. The van der Waals surface area contributed by atoms with Gasteiger partial charge < -0.3 is 9.88 Å². The molecule has 1 aliphatic heterocycles. The van der Waals surface area contributed by atoms with Crippen molar-refractivity contribution >= 4 is 22.5 Å². The van der Waals surface area contributed by atoms with E-state index in [1.165, 1.54) is 0 Å². The molecule has 130 valence electrons. The first-order chi connectivity index (χ1) is 12.8. The van der Waals surface area contributed by atoms with Crippen LogP contribution in [0.1, 0.15) is 34.9 Å². The third-order valence-corrected chi connectivity index (χ3v) is 5.21. The van der Waals surface area contributed by atoms with Crippen LogP contribution in [0, 0.1) is 0 Å². The minimum Gasteiger partial charge on any atom is -0.361 e. The zero-order chi connectivity index (χ0) is 17.5. The Morgan fingerprint density at radius 2 is 2.12 bits per heavy atom. The van der Waals surface area contributed by atoms with Crippen molar-refractivity contribution in [1.29, 1.82) is 0 Å². The average Bonchev–Trinajstić information content (AvgIpc) is 3.33. The molecule has 0 radical (unpaired) electrons. The SMILES string of the molecule is O=C(c1ccc2[nH]ccc2c1)N1CCC[C@H](c2nnc3ccccn23)C1. The number of hydrogen-bond acceptors (Lipinski definition) is 3. The Kier molecular flexibility index (Phi) is 3.48. The summed E-state index contributed by atoms with van der Waals surface area (Å²) in [5.74, 6) is 1.24. The van der Waals surface area contributed by atoms with Crippen LogP contribution < -0.4 is 0 Å². The number of aromatic nitrogens is 4. The van der Waals surface area contributed by atoms with Gasteiger partial charge in [-0.05, 0) is 49.2 Å². The number of fused-ring (bicyclic) bond motifs is 2. The lowest BCUT2D eigenvalue weighted by Gasteiger charge is -2.32. The monoisotopic (exact) mass is 345 g/mol. The first-order valence-corrected chi connectivity index (χ1v) is 8.96. The molecule has 1 fully saturated rings. The highest BCUT2D eigenvalue weighted by molar-refractivity contribution is 5.98. The first kappa shape index (κ1) is 15.1. The molecule has 6 nitrogen and oxygen atoms in total. The first-order valence-electron chi connectivity index (χ1n) is 8.96. The molecule has 6 heteroatoms. The van der Waals surface area contributed by atoms with Gasteiger partial charge in [-0.3, -0.25) is 9.20 Å². The molecule has 1 amide bonds. The van der Waals surface area contributed by atoms with Gasteiger partial charge in [0.1, 0.15) is 5.82 Å². The molecule has 4 aromatic rings. The van der Waals surface area contributed by atoms with Crippen LogP contribution in [0.3, 0.4) is 0 Å². The van der Waals surface area contributed by atoms with Crippen LogP contribution in [0.2, 0.25) is 0 Å². The zero-order valence-electron chi connectivity index (χ0n) is 14.3. The van der Waals surface area contributed by atoms with E-state index in [0.717, 1.165) is 47.3 Å². The number of likely N-dealkylation sites (tertiary alicyclic amines) is 1. The second kappa shape index (κ2) is 5.98. The quantitative estimate of drug-likeness (QED) is 0.606. The predicted molar refractivity (Wildman–Crippen MR) is 99.2 cm³/mol. The van der Waals surface area contributed by atoms with Gasteiger partial charge in [0, 0.05) is 47.9 Å². The van der Waals surface area contributed by atoms with E-state index in [0.29, 0.717) is 6.54 Å². The van der Waals surface area contributed by atoms with Gasteiger partial charge in [0.15, 0.2) is 5.65 Å². The number of aromatic amines is 1. The fourth-order valence-corrected chi connectivity index (χ4v) is 3.88. The van der Waals surface area contributed by atoms with Crippen molar-refractivity contribution in [3.8, 4) is 0 Å². The van der Waals surface area contributed by atoms with Crippen LogP contribution in [0.25, 0.3) is 16.6 Å². The molecule has 5 rings (SSSR count). The number of hydrogen-bond donors (Lipinski definition) is 1. The summed E-state index contributed by atoms with van der Waals surface area (Å²) in [4.78, 5) is 18.1. The molecule has 1 aromatic carbocycles. The maximum atomic E-state index is 13.0. The van der Waals surface area contributed by atoms with E-state index in [1.54, 1.807) is 0 Å². The lowest BCUT2D eigenvalue weighted by molar-refractivity contribution is 0.0704. The number of carbonyl (C=O) groups excluding carboxylic acids is 1. The molecule has 0 aliphatic carbocycles. The van der Waals surface area contributed by atoms with Crippen molar-refractivity contribution in [3.05, 3.63) is 66.2 Å². The van der Waals surface area contributed by atoms with Gasteiger partial charge in [-0.25, -0.2) is 0 Å². The summed E-state index contributed by atoms with van der Waals surface area (Å²) in [7, 11) is 0. The van der Waals surface area contributed by atoms with Gasteiger partial charge in [-0.1, -0.05) is 6.07 Å². The number of carbonyl (C=O) groups is 1. The molecule has 0 saturated carbocycles. The van der Waals surface area contributed by atoms with Crippen LogP contribution in [-0.4, -0.2) is 43.5 Å². The highest BCUT2D eigenvalue weighted by Gasteiger charge is 2.28. The number of H-pyrrole nitrogens is 1. The smallest absolute Gasteiger partial charge is 0.253 e. The Morgan fingerprint density at radius 3 is 3.08 bits per heavy atom. The summed E-state index contributed by atoms with van der Waals surface area (Å²) in [6.07, 6.45) is 5.89. The summed E-state index contributed by atoms with van der Waals surface area (Å²) in [5.41, 5.74) is 2.64. The van der Waals surface area contributed by atoms with Gasteiger partial charge in [0.25, 0.3) is 5.91 Å². The Morgan fingerprint density at radius 1 is 1.15 bits per heavy atom. The number of nitrogens with zero attached hydrogens (tertiary/aromatic N) is 4. The van der Waals surface area contributed by atoms with Crippen LogP contribution in [-0.2, 0) is 0 Å². The van der Waals surface area contributed by atoms with E-state index in [9.17, 15) is 4.79 Å². The maximum absolute atomic E-state index is 13.0. The summed E-state index contributed by atoms with van der Waals surface area (Å²) in [6.45, 7) is 1.47. The van der Waals surface area contributed by atoms with Crippen LogP contribution in [0.5, 0.6) is 0 Å². The Hall–Kier alpha value is -3.15. The number of pyridine rings is 1. The fraction of sp³-hybridized carbons (Fsp3) is 0.250. The molecule has 1 aliphatic rings. The molecular formula is C20H19N5O. The van der Waals surface area contributed by atoms with Crippen molar-refractivity contribution in [3.63, 3.8) is 0 Å². The minimum atomic E-state index is 0.0895. The third-order valence-electron chi connectivity index (χ3n) is 5.21. The van der Waals surface area contributed by atoms with E-state index in [1.807, 2.05) is 64.2 Å². The molecule has 3 aromatic heterocycles. The molecular weight excluding hydrogens is 326 g/mol. The van der Waals surface area contributed by atoms with Gasteiger partial charge in [0.2, 0.25) is 0 Å². The summed E-state index contributed by atoms with van der Waals surface area (Å²) in [6, 6.07) is 13.7. The number of piperidine rings is 1. The van der Waals surface area contributed by atoms with Gasteiger partial charge in [0.05, 0.1) is 0 Å². The number of benzene rings is 1. The summed E-state index contributed by atoms with van der Waals surface area (Å²) < 4.78 is 2.03. The molecule has 26 heavy (non-hydrogen) atoms. The van der Waals surface area contributed by atoms with Crippen molar-refractivity contribution in [2.24, 2.45) is 0 Å². The molecule has 1 atom stereocenters. The molecule has 1 N–H and O–H groups in total. The Labute approximate surface area is 150 Å². The van der Waals surface area contributed by atoms with Crippen molar-refractivity contribution < 1.29 is 4.79 Å². The third kappa shape index (κ3) is 2.45. The molecule has 0 unspecified atom stereocenters. The predicted octanol–water partition coefficient (Wildman–Crippen LogP) is 3.23. The number of rotatable bonds is 2. The van der Waals surface area contributed by atoms with Gasteiger partial charge >= 0.3 is 0 Å². The van der Waals surface area contributed by atoms with Crippen molar-refractivity contribution in [1.82, 2.24) is 24.5 Å². The summed E-state index contributed by atoms with van der Waals surface area (Å²) >= 11 is 0. The molecule has 1 saturated heterocycles. The van der Waals surface area contributed by atoms with Gasteiger partial charge in [-0.15, -0.1) is 10.2 Å². The zero-order valence-corrected chi connectivity index (χ0v) is 14.3. The lowest BCUT2D eigenvalue weighted by atomic mass is 9.96. The molecule has 0 spiro atoms. The van der Waals surface area contributed by atoms with Crippen LogP contribution >= 0.6 is 0 Å². The van der Waals surface area contributed by atoms with Crippen LogP contribution in [0.15, 0.2) is 54.9 Å². The minimum absolute atomic E-state index is 0.0895. The summed E-state index contributed by atoms with van der Waals surface area (Å²) in [5, 5.41) is 9.71. The second-order valence-electron chi connectivity index (χ2n) is 6.86. The van der Waals surface area contributed by atoms with E-state index >= 15 is 0 Å². The van der Waals surface area contributed by atoms with Crippen LogP contribution in [0.4, 0.5) is 0 Å². The fourth-order valence-electron chi connectivity index (χ4n) is 3.88. The largest absolute Gasteiger partial charge is 0.361 e. The highest BCUT2D eigenvalue weighted by Crippen LogP contribution is 2.27. The van der Waals surface area contributed by atoms with E-state index in [4.69, 9.17) is 0 Å². The molecule has 0 bridgehead atoms. The topological polar surface area (TPSA) is 66.3 Å². The lowest BCUT2D eigenvalue weighted by Crippen LogP contribution is -2.39. The Balaban J connectivity index is 1.42. The van der Waals surface area contributed by atoms with E-state index in [-0.39, 0.29) is 11.8 Å². The van der Waals surface area contributed by atoms with E-state index in [2.05, 4.69) is 15.2 Å².